The molecule has 0 aliphatic rings. The zero-order valence-corrected chi connectivity index (χ0v) is 8.13. The Morgan fingerprint density at radius 2 is 2.00 bits per heavy atom. The number of aliphatic carboxylic acids is 1. The van der Waals surface area contributed by atoms with Crippen molar-refractivity contribution in [1.29, 1.82) is 0 Å². The Morgan fingerprint density at radius 3 is 2.31 bits per heavy atom. The van der Waals surface area contributed by atoms with Crippen LogP contribution in [0.1, 0.15) is 27.2 Å². The maximum atomic E-state index is 11.1. The fourth-order valence-corrected chi connectivity index (χ4v) is 0.870. The molecule has 0 saturated carbocycles. The Kier molecular flexibility index (Phi) is 3.87. The minimum absolute atomic E-state index is 0.120. The number of carboxylic acids is 1. The Hall–Kier alpha value is -1.10. The van der Waals surface area contributed by atoms with Gasteiger partial charge in [0.2, 0.25) is 5.91 Å². The van der Waals surface area contributed by atoms with E-state index in [1.54, 1.807) is 20.8 Å². The molecular formula is C8H16N2O3. The number of hydrogen-bond acceptors (Lipinski definition) is 3. The van der Waals surface area contributed by atoms with Crippen LogP contribution >= 0.6 is 0 Å². The smallest absolute Gasteiger partial charge is 0.305 e. The first kappa shape index (κ1) is 11.9. The fraction of sp³-hybridized carbons (Fsp3) is 0.750. The van der Waals surface area contributed by atoms with Gasteiger partial charge in [-0.1, -0.05) is 0 Å². The molecule has 0 heterocycles. The SMILES string of the molecule is CC(N)C(=O)NC(C)(C)CC(=O)O. The van der Waals surface area contributed by atoms with Gasteiger partial charge < -0.3 is 16.2 Å². The van der Waals surface area contributed by atoms with Crippen molar-refractivity contribution in [2.24, 2.45) is 5.73 Å². The van der Waals surface area contributed by atoms with E-state index in [0.29, 0.717) is 0 Å². The number of hydrogen-bond donors (Lipinski definition) is 3. The van der Waals surface area contributed by atoms with Crippen molar-refractivity contribution >= 4 is 11.9 Å². The second kappa shape index (κ2) is 4.23. The van der Waals surface area contributed by atoms with Crippen molar-refractivity contribution in [2.45, 2.75) is 38.8 Å². The normalized spacial score (nSPS) is 13.5. The topological polar surface area (TPSA) is 92.4 Å². The third-order valence-corrected chi connectivity index (χ3v) is 1.47. The Bertz CT molecular complexity index is 211. The van der Waals surface area contributed by atoms with Crippen LogP contribution in [0.2, 0.25) is 0 Å². The van der Waals surface area contributed by atoms with Crippen LogP contribution in [0, 0.1) is 0 Å². The van der Waals surface area contributed by atoms with Gasteiger partial charge in [-0.15, -0.1) is 0 Å². The second-order valence-electron chi connectivity index (χ2n) is 3.73. The van der Waals surface area contributed by atoms with E-state index in [0.717, 1.165) is 0 Å². The maximum Gasteiger partial charge on any atom is 0.305 e. The largest absolute Gasteiger partial charge is 0.481 e. The summed E-state index contributed by atoms with van der Waals surface area (Å²) in [5.74, 6) is -1.29. The van der Waals surface area contributed by atoms with Crippen LogP contribution < -0.4 is 11.1 Å². The summed E-state index contributed by atoms with van der Waals surface area (Å²) >= 11 is 0. The Morgan fingerprint density at radius 1 is 1.54 bits per heavy atom. The van der Waals surface area contributed by atoms with Gasteiger partial charge in [-0.25, -0.2) is 0 Å². The molecule has 0 aromatic carbocycles. The summed E-state index contributed by atoms with van der Waals surface area (Å²) in [4.78, 5) is 21.5. The van der Waals surface area contributed by atoms with E-state index < -0.39 is 17.6 Å². The van der Waals surface area contributed by atoms with Crippen LogP contribution in [-0.4, -0.2) is 28.6 Å². The van der Waals surface area contributed by atoms with Gasteiger partial charge in [0.25, 0.3) is 0 Å². The Balaban J connectivity index is 4.16. The molecule has 76 valence electrons. The number of carbonyl (C=O) groups excluding carboxylic acids is 1. The van der Waals surface area contributed by atoms with E-state index >= 15 is 0 Å². The van der Waals surface area contributed by atoms with Crippen molar-refractivity contribution in [2.75, 3.05) is 0 Å². The lowest BCUT2D eigenvalue weighted by Gasteiger charge is -2.25. The predicted octanol–water partition coefficient (Wildman–Crippen LogP) is -0.297. The average Bonchev–Trinajstić information content (AvgIpc) is 1.81. The number of carbonyl (C=O) groups is 2. The van der Waals surface area contributed by atoms with Crippen LogP contribution in [0.3, 0.4) is 0 Å². The lowest BCUT2D eigenvalue weighted by Crippen LogP contribution is -2.50. The lowest BCUT2D eigenvalue weighted by molar-refractivity contribution is -0.138. The Labute approximate surface area is 77.3 Å². The molecule has 0 aromatic rings. The van der Waals surface area contributed by atoms with Crippen LogP contribution in [0.15, 0.2) is 0 Å². The molecule has 0 aliphatic carbocycles. The number of rotatable bonds is 4. The molecule has 0 spiro atoms. The first-order chi connectivity index (χ1) is 5.74. The zero-order chi connectivity index (χ0) is 10.6. The molecule has 0 bridgehead atoms. The number of nitrogens with two attached hydrogens (primary N) is 1. The van der Waals surface area contributed by atoms with Crippen LogP contribution in [-0.2, 0) is 9.59 Å². The molecule has 4 N–H and O–H groups in total. The summed E-state index contributed by atoms with van der Waals surface area (Å²) in [6.07, 6.45) is -0.120. The fourth-order valence-electron chi connectivity index (χ4n) is 0.870. The summed E-state index contributed by atoms with van der Waals surface area (Å²) in [7, 11) is 0. The van der Waals surface area contributed by atoms with Crippen molar-refractivity contribution in [1.82, 2.24) is 5.32 Å². The quantitative estimate of drug-likeness (QED) is 0.565. The zero-order valence-electron chi connectivity index (χ0n) is 8.13. The van der Waals surface area contributed by atoms with Crippen LogP contribution in [0.25, 0.3) is 0 Å². The molecule has 0 aliphatic heterocycles. The van der Waals surface area contributed by atoms with Crippen molar-refractivity contribution in [3.05, 3.63) is 0 Å². The minimum atomic E-state index is -0.949. The standard InChI is InChI=1S/C8H16N2O3/c1-5(9)7(13)10-8(2,3)4-6(11)12/h5H,4,9H2,1-3H3,(H,10,13)(H,11,12). The van der Waals surface area contributed by atoms with E-state index in [4.69, 9.17) is 10.8 Å². The highest BCUT2D eigenvalue weighted by atomic mass is 16.4. The van der Waals surface area contributed by atoms with E-state index in [-0.39, 0.29) is 12.3 Å². The average molecular weight is 188 g/mol. The number of carboxylic acid groups (broad SMARTS) is 1. The van der Waals surface area contributed by atoms with Crippen molar-refractivity contribution in [3.63, 3.8) is 0 Å². The van der Waals surface area contributed by atoms with E-state index in [1.807, 2.05) is 0 Å². The van der Waals surface area contributed by atoms with Gasteiger partial charge in [0.15, 0.2) is 0 Å². The van der Waals surface area contributed by atoms with Gasteiger partial charge in [0.05, 0.1) is 12.5 Å². The first-order valence-corrected chi connectivity index (χ1v) is 4.04. The van der Waals surface area contributed by atoms with Gasteiger partial charge in [0.1, 0.15) is 0 Å². The summed E-state index contributed by atoms with van der Waals surface area (Å²) < 4.78 is 0. The summed E-state index contributed by atoms with van der Waals surface area (Å²) in [6, 6.07) is -0.618. The monoisotopic (exact) mass is 188 g/mol. The minimum Gasteiger partial charge on any atom is -0.481 e. The number of nitrogens with one attached hydrogen (secondary N) is 1. The van der Waals surface area contributed by atoms with Crippen molar-refractivity contribution in [3.8, 4) is 0 Å². The summed E-state index contributed by atoms with van der Waals surface area (Å²) in [5.41, 5.74) is 4.56. The summed E-state index contributed by atoms with van der Waals surface area (Å²) in [6.45, 7) is 4.83. The molecule has 0 fully saturated rings. The molecule has 1 atom stereocenters. The highest BCUT2D eigenvalue weighted by Crippen LogP contribution is 2.07. The molecule has 5 heteroatoms. The molecule has 0 rings (SSSR count). The number of amides is 1. The molecule has 5 nitrogen and oxygen atoms in total. The molecule has 0 radical (unpaired) electrons. The predicted molar refractivity (Wildman–Crippen MR) is 48.1 cm³/mol. The molecule has 1 amide bonds. The van der Waals surface area contributed by atoms with Gasteiger partial charge in [-0.05, 0) is 20.8 Å². The van der Waals surface area contributed by atoms with Crippen molar-refractivity contribution < 1.29 is 14.7 Å². The summed E-state index contributed by atoms with van der Waals surface area (Å²) in [5, 5.41) is 11.1. The third-order valence-electron chi connectivity index (χ3n) is 1.47. The van der Waals surface area contributed by atoms with Gasteiger partial charge in [-0.2, -0.15) is 0 Å². The van der Waals surface area contributed by atoms with E-state index in [2.05, 4.69) is 5.32 Å². The molecule has 1 unspecified atom stereocenters. The van der Waals surface area contributed by atoms with Crippen LogP contribution in [0.5, 0.6) is 0 Å². The molecule has 0 saturated heterocycles. The molecular weight excluding hydrogens is 172 g/mol. The highest BCUT2D eigenvalue weighted by Gasteiger charge is 2.24. The van der Waals surface area contributed by atoms with E-state index in [1.165, 1.54) is 0 Å². The maximum absolute atomic E-state index is 11.1. The van der Waals surface area contributed by atoms with Crippen LogP contribution in [0.4, 0.5) is 0 Å². The first-order valence-electron chi connectivity index (χ1n) is 4.04. The molecule has 0 aromatic heterocycles. The lowest BCUT2D eigenvalue weighted by atomic mass is 10.0. The molecule has 13 heavy (non-hydrogen) atoms. The van der Waals surface area contributed by atoms with E-state index in [9.17, 15) is 9.59 Å². The van der Waals surface area contributed by atoms with Gasteiger partial charge >= 0.3 is 5.97 Å². The highest BCUT2D eigenvalue weighted by molar-refractivity contribution is 5.82. The van der Waals surface area contributed by atoms with Gasteiger partial charge in [-0.3, -0.25) is 9.59 Å². The van der Waals surface area contributed by atoms with Gasteiger partial charge in [0, 0.05) is 5.54 Å². The third kappa shape index (κ3) is 5.19. The second-order valence-corrected chi connectivity index (χ2v) is 3.73.